The zero-order valence-electron chi connectivity index (χ0n) is 32.1. The molecule has 6 aromatic carbocycles. The molecule has 0 aromatic heterocycles. The molecule has 16 heteroatoms. The van der Waals surface area contributed by atoms with E-state index in [-0.39, 0.29) is 53.1 Å². The van der Waals surface area contributed by atoms with E-state index in [4.69, 9.17) is 30.9 Å². The Balaban J connectivity index is 0.000000174. The van der Waals surface area contributed by atoms with E-state index in [0.29, 0.717) is 65.4 Å². The molecule has 1 aliphatic rings. The third kappa shape index (κ3) is 11.2. The zero-order valence-corrected chi connectivity index (χ0v) is 32.8. The molecule has 0 atom stereocenters. The molecule has 0 bridgehead atoms. The Labute approximate surface area is 347 Å². The summed E-state index contributed by atoms with van der Waals surface area (Å²) in [5, 5.41) is 40.9. The van der Waals surface area contributed by atoms with Gasteiger partial charge in [0.05, 0.1) is 16.7 Å². The number of ether oxygens (including phenoxy) is 3. The number of benzene rings is 6. The van der Waals surface area contributed by atoms with Crippen LogP contribution < -0.4 is 14.2 Å². The maximum absolute atomic E-state index is 12.2. The fourth-order valence-corrected chi connectivity index (χ4v) is 6.20. The third-order valence-electron chi connectivity index (χ3n) is 9.32. The average Bonchev–Trinajstić information content (AvgIpc) is 3.24. The summed E-state index contributed by atoms with van der Waals surface area (Å²) in [5.41, 5.74) is 0.576. The number of hydrogen-bond acceptors (Lipinski definition) is 13. The second-order valence-corrected chi connectivity index (χ2v) is 13.7. The highest BCUT2D eigenvalue weighted by molar-refractivity contribution is 6.63. The SMILES string of the molecule is CN1CCN(C(=O)COc2ccc3ccc(O)c(C=O)c3c2)CC1.O=Cc1c(O)ccc2ccc(OCC(=O)Cl)cc12.O=Cc1c(O)ccc2ccc(OCC(=O)O)cc12. The van der Waals surface area contributed by atoms with E-state index >= 15 is 0 Å². The first-order chi connectivity index (χ1) is 28.8. The number of phenolic OH excluding ortho intramolecular Hbond substituents is 3. The van der Waals surface area contributed by atoms with Crippen LogP contribution in [0.2, 0.25) is 0 Å². The number of carbonyl (C=O) groups excluding carboxylic acids is 5. The molecule has 1 aliphatic heterocycles. The molecule has 310 valence electrons. The van der Waals surface area contributed by atoms with Crippen molar-refractivity contribution >= 4 is 79.9 Å². The molecule has 0 saturated carbocycles. The van der Waals surface area contributed by atoms with Crippen molar-refractivity contribution in [1.29, 1.82) is 0 Å². The Bertz CT molecular complexity index is 2460. The molecule has 1 fully saturated rings. The molecule has 0 unspecified atom stereocenters. The molecule has 60 heavy (non-hydrogen) atoms. The van der Waals surface area contributed by atoms with Crippen LogP contribution in [0.4, 0.5) is 0 Å². The summed E-state index contributed by atoms with van der Waals surface area (Å²) in [6.07, 6.45) is 1.75. The van der Waals surface area contributed by atoms with Crippen molar-refractivity contribution in [2.45, 2.75) is 0 Å². The van der Waals surface area contributed by atoms with Gasteiger partial charge in [0.25, 0.3) is 11.1 Å². The van der Waals surface area contributed by atoms with Crippen LogP contribution in [0.25, 0.3) is 32.3 Å². The lowest BCUT2D eigenvalue weighted by atomic mass is 10.0. The van der Waals surface area contributed by atoms with Gasteiger partial charge in [-0.3, -0.25) is 24.0 Å². The summed E-state index contributed by atoms with van der Waals surface area (Å²) < 4.78 is 15.7. The Morgan fingerprint density at radius 2 is 0.917 bits per heavy atom. The summed E-state index contributed by atoms with van der Waals surface area (Å²) in [6.45, 7) is 2.40. The van der Waals surface area contributed by atoms with E-state index in [2.05, 4.69) is 4.90 Å². The Morgan fingerprint density at radius 3 is 1.27 bits per heavy atom. The molecule has 0 spiro atoms. The van der Waals surface area contributed by atoms with Crippen LogP contribution in [-0.4, -0.2) is 119 Å². The lowest BCUT2D eigenvalue weighted by Gasteiger charge is -2.32. The number of halogens is 1. The number of carboxylic acid groups (broad SMARTS) is 1. The molecule has 0 aliphatic carbocycles. The first-order valence-corrected chi connectivity index (χ1v) is 18.6. The third-order valence-corrected chi connectivity index (χ3v) is 9.43. The molecule has 0 radical (unpaired) electrons. The van der Waals surface area contributed by atoms with E-state index in [1.165, 1.54) is 24.3 Å². The van der Waals surface area contributed by atoms with Gasteiger partial charge in [-0.25, -0.2) is 4.79 Å². The molecule has 6 aromatic rings. The fourth-order valence-electron chi connectivity index (χ4n) is 6.15. The van der Waals surface area contributed by atoms with Crippen molar-refractivity contribution in [3.63, 3.8) is 0 Å². The van der Waals surface area contributed by atoms with Gasteiger partial charge in [-0.2, -0.15) is 0 Å². The quantitative estimate of drug-likeness (QED) is 0.0842. The van der Waals surface area contributed by atoms with Gasteiger partial charge in [0.1, 0.15) is 34.5 Å². The van der Waals surface area contributed by atoms with Crippen molar-refractivity contribution in [2.75, 3.05) is 53.0 Å². The second kappa shape index (κ2) is 20.5. The number of aromatic hydroxyl groups is 3. The molecule has 4 N–H and O–H groups in total. The van der Waals surface area contributed by atoms with Crippen LogP contribution in [0.5, 0.6) is 34.5 Å². The number of aliphatic carboxylic acids is 1. The number of hydrogen-bond donors (Lipinski definition) is 4. The van der Waals surface area contributed by atoms with Gasteiger partial charge in [0.2, 0.25) is 0 Å². The van der Waals surface area contributed by atoms with Crippen molar-refractivity contribution < 1.29 is 63.4 Å². The number of likely N-dealkylation sites (N-methyl/N-ethyl adjacent to an activating group) is 1. The maximum atomic E-state index is 12.2. The van der Waals surface area contributed by atoms with E-state index in [9.17, 15) is 44.1 Å². The average molecular weight is 839 g/mol. The first-order valence-electron chi connectivity index (χ1n) is 18.2. The Morgan fingerprint density at radius 1 is 0.567 bits per heavy atom. The highest BCUT2D eigenvalue weighted by Crippen LogP contribution is 2.31. The van der Waals surface area contributed by atoms with E-state index in [1.54, 1.807) is 71.6 Å². The maximum Gasteiger partial charge on any atom is 0.341 e. The van der Waals surface area contributed by atoms with Gasteiger partial charge in [0.15, 0.2) is 38.7 Å². The van der Waals surface area contributed by atoms with E-state index in [1.807, 2.05) is 7.05 Å². The van der Waals surface area contributed by atoms with Gasteiger partial charge in [0, 0.05) is 26.2 Å². The highest BCUT2D eigenvalue weighted by Gasteiger charge is 2.19. The van der Waals surface area contributed by atoms with Crippen molar-refractivity contribution in [2.24, 2.45) is 0 Å². The minimum Gasteiger partial charge on any atom is -0.507 e. The number of carboxylic acids is 1. The smallest absolute Gasteiger partial charge is 0.341 e. The topological polar surface area (TPSA) is 218 Å². The van der Waals surface area contributed by atoms with Crippen LogP contribution in [0, 0.1) is 0 Å². The molecule has 1 saturated heterocycles. The number of amides is 1. The monoisotopic (exact) mass is 838 g/mol. The summed E-state index contributed by atoms with van der Waals surface area (Å²) >= 11 is 5.17. The number of phenols is 3. The van der Waals surface area contributed by atoms with Crippen LogP contribution in [0.3, 0.4) is 0 Å². The number of rotatable bonds is 12. The van der Waals surface area contributed by atoms with Crippen LogP contribution in [0.1, 0.15) is 31.1 Å². The number of nitrogens with zero attached hydrogens (tertiary/aromatic N) is 2. The van der Waals surface area contributed by atoms with Crippen LogP contribution in [0.15, 0.2) is 91.0 Å². The zero-order chi connectivity index (χ0) is 43.3. The molecular formula is C44H39ClN2O13. The van der Waals surface area contributed by atoms with E-state index < -0.39 is 17.8 Å². The summed E-state index contributed by atoms with van der Waals surface area (Å²) in [5.74, 6) is -0.169. The number of piperazine rings is 1. The molecule has 15 nitrogen and oxygen atoms in total. The van der Waals surface area contributed by atoms with Gasteiger partial charge >= 0.3 is 5.97 Å². The number of carbonyl (C=O) groups is 6. The van der Waals surface area contributed by atoms with Gasteiger partial charge in [-0.1, -0.05) is 36.4 Å². The first kappa shape index (κ1) is 43.9. The summed E-state index contributed by atoms with van der Waals surface area (Å²) in [6, 6.07) is 24.5. The standard InChI is InChI=1S/C18H20N2O4.C13H9ClO4.C13H10O5/c1-19-6-8-20(9-7-19)18(23)12-24-14-4-2-13-3-5-17(22)16(11-21)15(13)10-14;14-13(17)7-18-9-3-1-8-2-4-12(16)11(6-15)10(8)5-9;14-6-11-10-5-9(18-7-13(16)17)3-1-8(10)2-4-12(11)15/h2-5,10-11,22H,6-9,12H2,1H3;1-6,16H,7H2;1-6,15H,7H2,(H,16,17). The molecular weight excluding hydrogens is 800 g/mol. The predicted octanol–water partition coefficient (Wildman–Crippen LogP) is 5.83. The summed E-state index contributed by atoms with van der Waals surface area (Å²) in [7, 11) is 2.04. The minimum absolute atomic E-state index is 0.0372. The second-order valence-electron chi connectivity index (χ2n) is 13.3. The molecule has 1 heterocycles. The predicted molar refractivity (Wildman–Crippen MR) is 222 cm³/mol. The van der Waals surface area contributed by atoms with E-state index in [0.717, 1.165) is 29.2 Å². The van der Waals surface area contributed by atoms with Crippen LogP contribution >= 0.6 is 11.6 Å². The highest BCUT2D eigenvalue weighted by atomic mass is 35.5. The normalized spacial score (nSPS) is 12.3. The van der Waals surface area contributed by atoms with Crippen molar-refractivity contribution in [1.82, 2.24) is 9.80 Å². The van der Waals surface area contributed by atoms with Crippen molar-refractivity contribution in [3.8, 4) is 34.5 Å². The van der Waals surface area contributed by atoms with Gasteiger partial charge < -0.3 is 44.4 Å². The Kier molecular flexibility index (Phi) is 15.0. The fraction of sp³-hybridized carbons (Fsp3) is 0.182. The summed E-state index contributed by atoms with van der Waals surface area (Å²) in [4.78, 5) is 70.2. The number of aldehydes is 3. The Hall–Kier alpha value is -7.23. The number of fused-ring (bicyclic) bond motifs is 3. The van der Waals surface area contributed by atoms with Crippen LogP contribution in [-0.2, 0) is 14.4 Å². The minimum atomic E-state index is -1.08. The van der Waals surface area contributed by atoms with Gasteiger partial charge in [-0.15, -0.1) is 0 Å². The largest absolute Gasteiger partial charge is 0.507 e. The van der Waals surface area contributed by atoms with Gasteiger partial charge in [-0.05, 0) is 106 Å². The molecule has 7 rings (SSSR count). The van der Waals surface area contributed by atoms with Crippen molar-refractivity contribution in [3.05, 3.63) is 108 Å². The lowest BCUT2D eigenvalue weighted by Crippen LogP contribution is -2.48. The lowest BCUT2D eigenvalue weighted by molar-refractivity contribution is -0.139. The molecule has 1 amide bonds.